The minimum atomic E-state index is -0.302. The standard InChI is InChI=1S/C24H25FN4O3S/c1-2-32-24(31)15-5-8-28(9-6-15)22-18-13-29(10-7-19(18)26-14-27-22)23(30)21-11-16-3-4-17(25)12-20(16)33-21/h3-4,11-12,14-15H,2,5-10,13H2,1H3. The highest BCUT2D eigenvalue weighted by molar-refractivity contribution is 7.20. The van der Waals surface area contributed by atoms with E-state index in [1.54, 1.807) is 12.4 Å². The van der Waals surface area contributed by atoms with Crippen LogP contribution in [0.25, 0.3) is 10.1 Å². The van der Waals surface area contributed by atoms with Gasteiger partial charge in [0.15, 0.2) is 0 Å². The Hall–Kier alpha value is -3.07. The van der Waals surface area contributed by atoms with Crippen LogP contribution < -0.4 is 4.90 Å². The lowest BCUT2D eigenvalue weighted by Crippen LogP contribution is -2.40. The zero-order chi connectivity index (χ0) is 22.9. The number of hydrogen-bond donors (Lipinski definition) is 0. The van der Waals surface area contributed by atoms with Crippen molar-refractivity contribution in [2.45, 2.75) is 32.7 Å². The van der Waals surface area contributed by atoms with Gasteiger partial charge in [-0.3, -0.25) is 9.59 Å². The van der Waals surface area contributed by atoms with Crippen LogP contribution in [-0.4, -0.2) is 53.0 Å². The Morgan fingerprint density at radius 3 is 2.79 bits per heavy atom. The molecule has 2 aliphatic rings. The lowest BCUT2D eigenvalue weighted by Gasteiger charge is -2.35. The highest BCUT2D eigenvalue weighted by Gasteiger charge is 2.31. The minimum Gasteiger partial charge on any atom is -0.466 e. The monoisotopic (exact) mass is 468 g/mol. The van der Waals surface area contributed by atoms with E-state index < -0.39 is 0 Å². The molecule has 1 amide bonds. The molecule has 0 spiro atoms. The zero-order valence-electron chi connectivity index (χ0n) is 18.4. The lowest BCUT2D eigenvalue weighted by atomic mass is 9.96. The summed E-state index contributed by atoms with van der Waals surface area (Å²) in [5, 5.41) is 0.871. The summed E-state index contributed by atoms with van der Waals surface area (Å²) >= 11 is 1.32. The highest BCUT2D eigenvalue weighted by Crippen LogP contribution is 2.32. The Kier molecular flexibility index (Phi) is 5.97. The topological polar surface area (TPSA) is 75.6 Å². The van der Waals surface area contributed by atoms with Gasteiger partial charge in [0.05, 0.1) is 29.6 Å². The van der Waals surface area contributed by atoms with Crippen LogP contribution in [0.15, 0.2) is 30.6 Å². The molecule has 2 aromatic heterocycles. The maximum absolute atomic E-state index is 13.6. The Labute approximate surface area is 195 Å². The average molecular weight is 469 g/mol. The molecule has 2 aliphatic heterocycles. The number of esters is 1. The van der Waals surface area contributed by atoms with Crippen LogP contribution in [0, 0.1) is 11.7 Å². The molecule has 0 aliphatic carbocycles. The van der Waals surface area contributed by atoms with Gasteiger partial charge < -0.3 is 14.5 Å². The quantitative estimate of drug-likeness (QED) is 0.542. The fourth-order valence-electron chi connectivity index (χ4n) is 4.63. The third-order valence-electron chi connectivity index (χ3n) is 6.37. The molecule has 1 fully saturated rings. The van der Waals surface area contributed by atoms with Gasteiger partial charge in [0, 0.05) is 36.3 Å². The van der Waals surface area contributed by atoms with Crippen molar-refractivity contribution in [1.29, 1.82) is 0 Å². The number of piperidine rings is 1. The predicted octanol–water partition coefficient (Wildman–Crippen LogP) is 3.81. The first-order valence-electron chi connectivity index (χ1n) is 11.3. The van der Waals surface area contributed by atoms with Gasteiger partial charge in [-0.05, 0) is 43.4 Å². The van der Waals surface area contributed by atoms with Crippen molar-refractivity contribution in [3.05, 3.63) is 52.5 Å². The minimum absolute atomic E-state index is 0.0573. The number of carbonyl (C=O) groups excluding carboxylic acids is 2. The maximum atomic E-state index is 13.6. The molecule has 1 saturated heterocycles. The number of thiophene rings is 1. The van der Waals surface area contributed by atoms with E-state index in [1.165, 1.54) is 23.5 Å². The summed E-state index contributed by atoms with van der Waals surface area (Å²) in [6.45, 7) is 4.66. The number of ether oxygens (including phenoxy) is 1. The average Bonchev–Trinajstić information content (AvgIpc) is 3.26. The largest absolute Gasteiger partial charge is 0.466 e. The lowest BCUT2D eigenvalue weighted by molar-refractivity contribution is -0.148. The van der Waals surface area contributed by atoms with Crippen LogP contribution in [0.1, 0.15) is 40.7 Å². The number of rotatable bonds is 4. The number of hydrogen-bond acceptors (Lipinski definition) is 7. The summed E-state index contributed by atoms with van der Waals surface area (Å²) < 4.78 is 19.5. The van der Waals surface area contributed by atoms with Gasteiger partial charge in [-0.25, -0.2) is 14.4 Å². The van der Waals surface area contributed by atoms with Crippen molar-refractivity contribution in [3.63, 3.8) is 0 Å². The summed E-state index contributed by atoms with van der Waals surface area (Å²) in [6, 6.07) is 6.42. The second-order valence-corrected chi connectivity index (χ2v) is 9.49. The SMILES string of the molecule is CCOC(=O)C1CCN(c2ncnc3c2CN(C(=O)c2cc4ccc(F)cc4s2)CC3)CC1. The molecule has 7 nitrogen and oxygen atoms in total. The van der Waals surface area contributed by atoms with Crippen molar-refractivity contribution in [3.8, 4) is 0 Å². The Morgan fingerprint density at radius 2 is 2.00 bits per heavy atom. The summed E-state index contributed by atoms with van der Waals surface area (Å²) in [6.07, 6.45) is 3.69. The molecule has 9 heteroatoms. The first kappa shape index (κ1) is 21.8. The van der Waals surface area contributed by atoms with Gasteiger partial charge in [0.1, 0.15) is 18.0 Å². The number of benzene rings is 1. The van der Waals surface area contributed by atoms with Crippen LogP contribution in [0.3, 0.4) is 0 Å². The second kappa shape index (κ2) is 9.05. The third-order valence-corrected chi connectivity index (χ3v) is 7.46. The van der Waals surface area contributed by atoms with Crippen LogP contribution >= 0.6 is 11.3 Å². The first-order valence-corrected chi connectivity index (χ1v) is 12.1. The predicted molar refractivity (Wildman–Crippen MR) is 124 cm³/mol. The van der Waals surface area contributed by atoms with E-state index in [0.29, 0.717) is 44.1 Å². The number of anilines is 1. The van der Waals surface area contributed by atoms with E-state index in [9.17, 15) is 14.0 Å². The molecule has 172 valence electrons. The van der Waals surface area contributed by atoms with Crippen LogP contribution in [0.2, 0.25) is 0 Å². The molecular formula is C24H25FN4O3S. The molecule has 1 aromatic carbocycles. The number of amides is 1. The Balaban J connectivity index is 1.33. The van der Waals surface area contributed by atoms with E-state index in [-0.39, 0.29) is 23.6 Å². The highest BCUT2D eigenvalue weighted by atomic mass is 32.1. The van der Waals surface area contributed by atoms with Gasteiger partial charge in [-0.1, -0.05) is 6.07 Å². The van der Waals surface area contributed by atoms with Crippen molar-refractivity contribution in [2.75, 3.05) is 31.1 Å². The fourth-order valence-corrected chi connectivity index (χ4v) is 5.68. The fraction of sp³-hybridized carbons (Fsp3) is 0.417. The molecule has 5 rings (SSSR count). The summed E-state index contributed by atoms with van der Waals surface area (Å²) in [5.41, 5.74) is 1.94. The van der Waals surface area contributed by atoms with Crippen LogP contribution in [0.5, 0.6) is 0 Å². The number of nitrogens with zero attached hydrogens (tertiary/aromatic N) is 4. The van der Waals surface area contributed by atoms with Gasteiger partial charge in [-0.15, -0.1) is 11.3 Å². The van der Waals surface area contributed by atoms with E-state index in [0.717, 1.165) is 40.0 Å². The number of aromatic nitrogens is 2. The summed E-state index contributed by atoms with van der Waals surface area (Å²) in [5.74, 6) is 0.289. The number of carbonyl (C=O) groups is 2. The van der Waals surface area contributed by atoms with Crippen LogP contribution in [0.4, 0.5) is 10.2 Å². The summed E-state index contributed by atoms with van der Waals surface area (Å²) in [4.78, 5) is 39.0. The van der Waals surface area contributed by atoms with E-state index in [1.807, 2.05) is 17.9 Å². The second-order valence-electron chi connectivity index (χ2n) is 8.41. The van der Waals surface area contributed by atoms with E-state index in [4.69, 9.17) is 4.74 Å². The molecular weight excluding hydrogens is 443 g/mol. The van der Waals surface area contributed by atoms with Crippen LogP contribution in [-0.2, 0) is 22.5 Å². The van der Waals surface area contributed by atoms with Crippen molar-refractivity contribution >= 4 is 39.1 Å². The first-order chi connectivity index (χ1) is 16.0. The Bertz CT molecular complexity index is 1210. The normalized spacial score (nSPS) is 16.7. The van der Waals surface area contributed by atoms with Gasteiger partial charge in [0.2, 0.25) is 0 Å². The van der Waals surface area contributed by atoms with Gasteiger partial charge in [0.25, 0.3) is 5.91 Å². The van der Waals surface area contributed by atoms with Crippen molar-refractivity contribution < 1.29 is 18.7 Å². The molecule has 0 radical (unpaired) electrons. The molecule has 0 bridgehead atoms. The molecule has 0 saturated carbocycles. The number of fused-ring (bicyclic) bond motifs is 2. The molecule has 33 heavy (non-hydrogen) atoms. The van der Waals surface area contributed by atoms with E-state index in [2.05, 4.69) is 14.9 Å². The summed E-state index contributed by atoms with van der Waals surface area (Å²) in [7, 11) is 0. The molecule has 3 aromatic rings. The zero-order valence-corrected chi connectivity index (χ0v) is 19.2. The third kappa shape index (κ3) is 4.29. The van der Waals surface area contributed by atoms with Gasteiger partial charge in [-0.2, -0.15) is 0 Å². The molecule has 0 unspecified atom stereocenters. The molecule has 4 heterocycles. The molecule has 0 N–H and O–H groups in total. The number of halogens is 1. The molecule has 0 atom stereocenters. The smallest absolute Gasteiger partial charge is 0.309 e. The van der Waals surface area contributed by atoms with Crippen molar-refractivity contribution in [2.24, 2.45) is 5.92 Å². The maximum Gasteiger partial charge on any atom is 0.309 e. The van der Waals surface area contributed by atoms with Crippen molar-refractivity contribution in [1.82, 2.24) is 14.9 Å². The Morgan fingerprint density at radius 1 is 1.18 bits per heavy atom. The van der Waals surface area contributed by atoms with E-state index >= 15 is 0 Å². The van der Waals surface area contributed by atoms with Gasteiger partial charge >= 0.3 is 5.97 Å².